The van der Waals surface area contributed by atoms with Crippen LogP contribution in [0.1, 0.15) is 43.8 Å². The number of nitrogens with one attached hydrogen (secondary N) is 1. The molecule has 4 nitrogen and oxygen atoms in total. The predicted molar refractivity (Wildman–Crippen MR) is 81.7 cm³/mol. The number of halogens is 1. The first-order chi connectivity index (χ1) is 10.6. The molecule has 1 aliphatic rings. The molecule has 122 valence electrons. The highest BCUT2D eigenvalue weighted by molar-refractivity contribution is 5.76. The Morgan fingerprint density at radius 2 is 1.95 bits per heavy atom. The minimum atomic E-state index is -0.811. The van der Waals surface area contributed by atoms with Crippen molar-refractivity contribution in [3.63, 3.8) is 0 Å². The maximum atomic E-state index is 12.8. The van der Waals surface area contributed by atoms with E-state index >= 15 is 0 Å². The Hall–Kier alpha value is -1.46. The van der Waals surface area contributed by atoms with Gasteiger partial charge in [-0.25, -0.2) is 4.39 Å². The second-order valence-electron chi connectivity index (χ2n) is 5.95. The third-order valence-electron chi connectivity index (χ3n) is 4.35. The molecule has 0 heterocycles. The van der Waals surface area contributed by atoms with E-state index in [4.69, 9.17) is 4.74 Å². The number of rotatable bonds is 6. The monoisotopic (exact) mass is 309 g/mol. The summed E-state index contributed by atoms with van der Waals surface area (Å²) in [6, 6.07) is 5.65. The van der Waals surface area contributed by atoms with Gasteiger partial charge in [-0.2, -0.15) is 0 Å². The molecule has 1 fully saturated rings. The highest BCUT2D eigenvalue weighted by Gasteiger charge is 2.23. The minimum absolute atomic E-state index is 0.0398. The van der Waals surface area contributed by atoms with Crippen LogP contribution in [0.3, 0.4) is 0 Å². The molecule has 22 heavy (non-hydrogen) atoms. The quantitative estimate of drug-likeness (QED) is 0.849. The lowest BCUT2D eigenvalue weighted by molar-refractivity contribution is -0.123. The zero-order valence-corrected chi connectivity index (χ0v) is 12.9. The number of aliphatic hydroxyl groups is 1. The van der Waals surface area contributed by atoms with Gasteiger partial charge in [0.1, 0.15) is 5.82 Å². The number of benzene rings is 1. The van der Waals surface area contributed by atoms with Gasteiger partial charge >= 0.3 is 0 Å². The smallest absolute Gasteiger partial charge is 0.220 e. The van der Waals surface area contributed by atoms with Crippen LogP contribution in [0.25, 0.3) is 0 Å². The molecular weight excluding hydrogens is 285 g/mol. The Labute approximate surface area is 130 Å². The molecule has 1 aromatic rings. The summed E-state index contributed by atoms with van der Waals surface area (Å²) in [6.45, 7) is 0.151. The Morgan fingerprint density at radius 1 is 1.32 bits per heavy atom. The van der Waals surface area contributed by atoms with E-state index in [9.17, 15) is 14.3 Å². The Bertz CT molecular complexity index is 469. The van der Waals surface area contributed by atoms with Crippen molar-refractivity contribution < 1.29 is 19.0 Å². The molecular formula is C17H24FNO3. The summed E-state index contributed by atoms with van der Waals surface area (Å²) in [7, 11) is 1.73. The summed E-state index contributed by atoms with van der Waals surface area (Å²) >= 11 is 0. The summed E-state index contributed by atoms with van der Waals surface area (Å²) in [5, 5.41) is 12.7. The summed E-state index contributed by atoms with van der Waals surface area (Å²) in [6.07, 6.45) is 4.04. The molecule has 0 saturated heterocycles. The molecule has 1 aromatic carbocycles. The average molecular weight is 309 g/mol. The molecule has 5 heteroatoms. The third kappa shape index (κ3) is 5.07. The lowest BCUT2D eigenvalue weighted by Crippen LogP contribution is -2.31. The normalized spacial score (nSPS) is 23.0. The van der Waals surface area contributed by atoms with Crippen LogP contribution in [0.15, 0.2) is 24.3 Å². The van der Waals surface area contributed by atoms with Crippen molar-refractivity contribution in [2.24, 2.45) is 5.92 Å². The largest absolute Gasteiger partial charge is 0.387 e. The molecule has 0 aliphatic heterocycles. The van der Waals surface area contributed by atoms with E-state index in [1.165, 1.54) is 24.3 Å². The van der Waals surface area contributed by atoms with E-state index in [2.05, 4.69) is 5.32 Å². The molecule has 2 rings (SSSR count). The first kappa shape index (κ1) is 16.9. The minimum Gasteiger partial charge on any atom is -0.387 e. The van der Waals surface area contributed by atoms with Crippen molar-refractivity contribution in [2.75, 3.05) is 13.7 Å². The van der Waals surface area contributed by atoms with E-state index in [-0.39, 0.29) is 18.3 Å². The van der Waals surface area contributed by atoms with Crippen molar-refractivity contribution in [3.05, 3.63) is 35.6 Å². The summed E-state index contributed by atoms with van der Waals surface area (Å²) in [4.78, 5) is 11.9. The summed E-state index contributed by atoms with van der Waals surface area (Å²) < 4.78 is 18.1. The standard InChI is InChI=1S/C17H24FNO3/c1-22-15-8-2-12(3-9-15)10-17(21)19-11-16(20)13-4-6-14(18)7-5-13/h4-7,12,15-16,20H,2-3,8-11H2,1H3,(H,19,21). The van der Waals surface area contributed by atoms with Crippen molar-refractivity contribution >= 4 is 5.91 Å². The Kier molecular flexibility index (Phi) is 6.34. The number of aliphatic hydroxyl groups excluding tert-OH is 1. The van der Waals surface area contributed by atoms with Crippen LogP contribution in [0, 0.1) is 11.7 Å². The number of carbonyl (C=O) groups is 1. The number of carbonyl (C=O) groups excluding carboxylic acids is 1. The molecule has 1 saturated carbocycles. The van der Waals surface area contributed by atoms with Gasteiger partial charge in [0.25, 0.3) is 0 Å². The molecule has 1 unspecified atom stereocenters. The zero-order chi connectivity index (χ0) is 15.9. The molecule has 0 aromatic heterocycles. The summed E-state index contributed by atoms with van der Waals surface area (Å²) in [5.41, 5.74) is 0.599. The van der Waals surface area contributed by atoms with Gasteiger partial charge in [-0.15, -0.1) is 0 Å². The number of amides is 1. The fourth-order valence-electron chi connectivity index (χ4n) is 2.92. The molecule has 1 aliphatic carbocycles. The topological polar surface area (TPSA) is 58.6 Å². The van der Waals surface area contributed by atoms with Crippen LogP contribution >= 0.6 is 0 Å². The number of hydrogen-bond donors (Lipinski definition) is 2. The van der Waals surface area contributed by atoms with Crippen LogP contribution in [0.2, 0.25) is 0 Å². The van der Waals surface area contributed by atoms with Crippen molar-refractivity contribution in [2.45, 2.75) is 44.3 Å². The lowest BCUT2D eigenvalue weighted by atomic mass is 9.85. The van der Waals surface area contributed by atoms with Gasteiger partial charge in [-0.05, 0) is 49.3 Å². The van der Waals surface area contributed by atoms with E-state index in [0.717, 1.165) is 25.7 Å². The van der Waals surface area contributed by atoms with Gasteiger partial charge in [0.15, 0.2) is 0 Å². The van der Waals surface area contributed by atoms with Crippen LogP contribution in [-0.2, 0) is 9.53 Å². The fourth-order valence-corrected chi connectivity index (χ4v) is 2.92. The molecule has 0 spiro atoms. The van der Waals surface area contributed by atoms with Gasteiger partial charge in [0.05, 0.1) is 12.2 Å². The Morgan fingerprint density at radius 3 is 2.55 bits per heavy atom. The summed E-state index contributed by atoms with van der Waals surface area (Å²) in [5.74, 6) is 0.0167. The van der Waals surface area contributed by atoms with Crippen molar-refractivity contribution in [3.8, 4) is 0 Å². The van der Waals surface area contributed by atoms with Crippen molar-refractivity contribution in [1.82, 2.24) is 5.32 Å². The molecule has 2 N–H and O–H groups in total. The number of methoxy groups -OCH3 is 1. The SMILES string of the molecule is COC1CCC(CC(=O)NCC(O)c2ccc(F)cc2)CC1. The maximum absolute atomic E-state index is 12.8. The molecule has 1 amide bonds. The van der Waals surface area contributed by atoms with Gasteiger partial charge in [-0.3, -0.25) is 4.79 Å². The van der Waals surface area contributed by atoms with Crippen LogP contribution < -0.4 is 5.32 Å². The maximum Gasteiger partial charge on any atom is 0.220 e. The van der Waals surface area contributed by atoms with E-state index in [1.54, 1.807) is 7.11 Å². The van der Waals surface area contributed by atoms with E-state index in [1.807, 2.05) is 0 Å². The average Bonchev–Trinajstić information content (AvgIpc) is 2.54. The van der Waals surface area contributed by atoms with Gasteiger partial charge in [-0.1, -0.05) is 12.1 Å². The predicted octanol–water partition coefficient (Wildman–Crippen LogP) is 2.57. The second kappa shape index (κ2) is 8.25. The molecule has 0 radical (unpaired) electrons. The van der Waals surface area contributed by atoms with Gasteiger partial charge < -0.3 is 15.2 Å². The van der Waals surface area contributed by atoms with Gasteiger partial charge in [0, 0.05) is 20.1 Å². The third-order valence-corrected chi connectivity index (χ3v) is 4.35. The highest BCUT2D eigenvalue weighted by Crippen LogP contribution is 2.28. The lowest BCUT2D eigenvalue weighted by Gasteiger charge is -2.27. The number of ether oxygens (including phenoxy) is 1. The van der Waals surface area contributed by atoms with Gasteiger partial charge in [0.2, 0.25) is 5.91 Å². The first-order valence-corrected chi connectivity index (χ1v) is 7.81. The van der Waals surface area contributed by atoms with Crippen LogP contribution in [-0.4, -0.2) is 30.8 Å². The van der Waals surface area contributed by atoms with Crippen molar-refractivity contribution in [1.29, 1.82) is 0 Å². The van der Waals surface area contributed by atoms with E-state index in [0.29, 0.717) is 24.0 Å². The van der Waals surface area contributed by atoms with Crippen LogP contribution in [0.4, 0.5) is 4.39 Å². The molecule has 1 atom stereocenters. The second-order valence-corrected chi connectivity index (χ2v) is 5.95. The first-order valence-electron chi connectivity index (χ1n) is 7.81. The highest BCUT2D eigenvalue weighted by atomic mass is 19.1. The van der Waals surface area contributed by atoms with E-state index < -0.39 is 6.10 Å². The zero-order valence-electron chi connectivity index (χ0n) is 12.9. The van der Waals surface area contributed by atoms with Crippen LogP contribution in [0.5, 0.6) is 0 Å². The number of hydrogen-bond acceptors (Lipinski definition) is 3. The Balaban J connectivity index is 1.70. The fraction of sp³-hybridized carbons (Fsp3) is 0.588. The molecule has 0 bridgehead atoms.